The predicted molar refractivity (Wildman–Crippen MR) is 87.7 cm³/mol. The lowest BCUT2D eigenvalue weighted by atomic mass is 10.00. The van der Waals surface area contributed by atoms with Crippen molar-refractivity contribution in [2.24, 2.45) is 4.99 Å². The highest BCUT2D eigenvalue weighted by Gasteiger charge is 2.22. The molecule has 7 heteroatoms. The quantitative estimate of drug-likeness (QED) is 0.744. The average Bonchev–Trinajstić information content (AvgIpc) is 2.96. The number of benzene rings is 1. The van der Waals surface area contributed by atoms with E-state index in [-0.39, 0.29) is 18.3 Å². The summed E-state index contributed by atoms with van der Waals surface area (Å²) < 4.78 is 0. The highest BCUT2D eigenvalue weighted by Crippen LogP contribution is 2.25. The largest absolute Gasteiger partial charge is 0.396 e. The minimum atomic E-state index is -0.0405. The molecule has 1 aliphatic rings. The first-order valence-electron chi connectivity index (χ1n) is 7.35. The molecule has 3 rings (SSSR count). The fourth-order valence-corrected chi connectivity index (χ4v) is 2.45. The predicted octanol–water partition coefficient (Wildman–Crippen LogP) is 1.45. The van der Waals surface area contributed by atoms with Crippen molar-refractivity contribution in [1.82, 2.24) is 9.97 Å². The molecule has 4 N–H and O–H groups in total. The van der Waals surface area contributed by atoms with Crippen molar-refractivity contribution >= 4 is 28.9 Å². The molecule has 1 aromatic carbocycles. The van der Waals surface area contributed by atoms with Crippen LogP contribution in [-0.2, 0) is 11.3 Å². The normalized spacial score (nSPS) is 12.7. The van der Waals surface area contributed by atoms with Gasteiger partial charge in [-0.1, -0.05) is 6.07 Å². The van der Waals surface area contributed by atoms with Gasteiger partial charge in [0.2, 0.25) is 5.95 Å². The Morgan fingerprint density at radius 3 is 3.00 bits per heavy atom. The molecule has 2 aromatic rings. The lowest BCUT2D eigenvalue weighted by Gasteiger charge is -2.09. The second-order valence-corrected chi connectivity index (χ2v) is 5.21. The van der Waals surface area contributed by atoms with Crippen LogP contribution in [-0.4, -0.2) is 33.2 Å². The van der Waals surface area contributed by atoms with Crippen molar-refractivity contribution in [1.29, 1.82) is 0 Å². The number of aliphatic hydroxyl groups excluding tert-OH is 1. The maximum Gasteiger partial charge on any atom is 0.221 e. The first-order valence-corrected chi connectivity index (χ1v) is 7.35. The zero-order chi connectivity index (χ0) is 16.2. The highest BCUT2D eigenvalue weighted by molar-refractivity contribution is 6.47. The Bertz CT molecular complexity index is 773. The average molecular weight is 311 g/mol. The summed E-state index contributed by atoms with van der Waals surface area (Å²) >= 11 is 0. The molecule has 0 radical (unpaired) electrons. The number of aliphatic hydroxyl groups is 1. The second-order valence-electron chi connectivity index (χ2n) is 5.21. The molecule has 7 nitrogen and oxygen atoms in total. The van der Waals surface area contributed by atoms with Gasteiger partial charge in [0.25, 0.3) is 0 Å². The van der Waals surface area contributed by atoms with Crippen LogP contribution in [0.1, 0.15) is 24.0 Å². The first kappa shape index (κ1) is 15.1. The molecular formula is C16H17N5O2. The molecule has 0 unspecified atom stereocenters. The van der Waals surface area contributed by atoms with E-state index < -0.39 is 0 Å². The third kappa shape index (κ3) is 3.35. The van der Waals surface area contributed by atoms with Gasteiger partial charge in [0.1, 0.15) is 11.5 Å². The SMILES string of the molecule is Nc1nccc(Nc2ccc3c(c2)C(C(=O)CCCO)=NC3)n1. The Balaban J connectivity index is 1.82. The fourth-order valence-electron chi connectivity index (χ4n) is 2.45. The summed E-state index contributed by atoms with van der Waals surface area (Å²) in [4.78, 5) is 24.4. The second kappa shape index (κ2) is 6.53. The number of nitrogens with one attached hydrogen (secondary N) is 1. The van der Waals surface area contributed by atoms with E-state index in [1.807, 2.05) is 18.2 Å². The molecule has 0 spiro atoms. The smallest absolute Gasteiger partial charge is 0.221 e. The monoisotopic (exact) mass is 311 g/mol. The van der Waals surface area contributed by atoms with Crippen LogP contribution in [0.2, 0.25) is 0 Å². The Kier molecular flexibility index (Phi) is 4.29. The third-order valence-electron chi connectivity index (χ3n) is 3.55. The van der Waals surface area contributed by atoms with Gasteiger partial charge in [0, 0.05) is 30.5 Å². The highest BCUT2D eigenvalue weighted by atomic mass is 16.3. The molecule has 0 aliphatic carbocycles. The number of nitrogen functional groups attached to an aromatic ring is 1. The van der Waals surface area contributed by atoms with Crippen LogP contribution >= 0.6 is 0 Å². The van der Waals surface area contributed by atoms with Gasteiger partial charge in [0.15, 0.2) is 5.78 Å². The molecule has 0 fully saturated rings. The number of anilines is 3. The van der Waals surface area contributed by atoms with Gasteiger partial charge in [-0.2, -0.15) is 4.98 Å². The zero-order valence-electron chi connectivity index (χ0n) is 12.5. The Hall–Kier alpha value is -2.80. The number of fused-ring (bicyclic) bond motifs is 1. The number of ketones is 1. The van der Waals surface area contributed by atoms with Crippen LogP contribution < -0.4 is 11.1 Å². The van der Waals surface area contributed by atoms with E-state index in [1.54, 1.807) is 12.3 Å². The number of carbonyl (C=O) groups excluding carboxylic acids is 1. The molecule has 0 bridgehead atoms. The van der Waals surface area contributed by atoms with Crippen molar-refractivity contribution in [3.05, 3.63) is 41.6 Å². The molecule has 1 aliphatic heterocycles. The van der Waals surface area contributed by atoms with E-state index in [0.717, 1.165) is 16.8 Å². The summed E-state index contributed by atoms with van der Waals surface area (Å²) in [5.41, 5.74) is 8.70. The van der Waals surface area contributed by atoms with Gasteiger partial charge in [-0.3, -0.25) is 9.79 Å². The topological polar surface area (TPSA) is 113 Å². The van der Waals surface area contributed by atoms with Crippen molar-refractivity contribution < 1.29 is 9.90 Å². The van der Waals surface area contributed by atoms with Crippen molar-refractivity contribution in [2.45, 2.75) is 19.4 Å². The number of hydrogen-bond acceptors (Lipinski definition) is 7. The molecule has 23 heavy (non-hydrogen) atoms. The summed E-state index contributed by atoms with van der Waals surface area (Å²) in [6, 6.07) is 7.45. The molecular weight excluding hydrogens is 294 g/mol. The lowest BCUT2D eigenvalue weighted by Crippen LogP contribution is -2.14. The van der Waals surface area contributed by atoms with Gasteiger partial charge >= 0.3 is 0 Å². The third-order valence-corrected chi connectivity index (χ3v) is 3.55. The molecule has 1 aromatic heterocycles. The maximum atomic E-state index is 12.2. The van der Waals surface area contributed by atoms with Crippen LogP contribution in [0.15, 0.2) is 35.5 Å². The number of aliphatic imine (C=N–C) groups is 1. The number of rotatable bonds is 6. The number of nitrogens with two attached hydrogens (primary N) is 1. The summed E-state index contributed by atoms with van der Waals surface area (Å²) in [5, 5.41) is 12.0. The molecule has 118 valence electrons. The van der Waals surface area contributed by atoms with Crippen LogP contribution in [0, 0.1) is 0 Å². The number of hydrogen-bond donors (Lipinski definition) is 3. The summed E-state index contributed by atoms with van der Waals surface area (Å²) in [7, 11) is 0. The number of aromatic nitrogens is 2. The Morgan fingerprint density at radius 1 is 1.35 bits per heavy atom. The summed E-state index contributed by atoms with van der Waals surface area (Å²) in [5.74, 6) is 0.736. The Labute approximate surface area is 133 Å². The molecule has 0 amide bonds. The summed E-state index contributed by atoms with van der Waals surface area (Å²) in [6.07, 6.45) is 2.32. The van der Waals surface area contributed by atoms with Gasteiger partial charge in [-0.25, -0.2) is 4.98 Å². The van der Waals surface area contributed by atoms with Gasteiger partial charge < -0.3 is 16.2 Å². The summed E-state index contributed by atoms with van der Waals surface area (Å²) in [6.45, 7) is 0.513. The van der Waals surface area contributed by atoms with Crippen molar-refractivity contribution in [3.63, 3.8) is 0 Å². The standard InChI is InChI=1S/C16H17N5O2/c17-16-18-6-5-14(21-16)20-11-4-3-10-9-19-15(12(10)8-11)13(23)2-1-7-22/h3-6,8,22H,1-2,7,9H2,(H3,17,18,20,21). The van der Waals surface area contributed by atoms with Crippen LogP contribution in [0.5, 0.6) is 0 Å². The van der Waals surface area contributed by atoms with E-state index in [0.29, 0.717) is 30.9 Å². The van der Waals surface area contributed by atoms with E-state index in [9.17, 15) is 4.79 Å². The maximum absolute atomic E-state index is 12.2. The first-order chi connectivity index (χ1) is 11.2. The number of Topliss-reactive ketones (excluding diaryl/α,β-unsaturated/α-hetero) is 1. The van der Waals surface area contributed by atoms with Gasteiger partial charge in [0.05, 0.1) is 6.54 Å². The van der Waals surface area contributed by atoms with Crippen LogP contribution in [0.4, 0.5) is 17.5 Å². The minimum Gasteiger partial charge on any atom is -0.396 e. The molecule has 2 heterocycles. The molecule has 0 atom stereocenters. The van der Waals surface area contributed by atoms with Gasteiger partial charge in [-0.05, 0) is 30.2 Å². The van der Waals surface area contributed by atoms with Crippen LogP contribution in [0.3, 0.4) is 0 Å². The van der Waals surface area contributed by atoms with Crippen LogP contribution in [0.25, 0.3) is 0 Å². The Morgan fingerprint density at radius 2 is 2.22 bits per heavy atom. The van der Waals surface area contributed by atoms with E-state index in [2.05, 4.69) is 20.3 Å². The fraction of sp³-hybridized carbons (Fsp3) is 0.250. The number of nitrogens with zero attached hydrogens (tertiary/aromatic N) is 3. The van der Waals surface area contributed by atoms with Gasteiger partial charge in [-0.15, -0.1) is 0 Å². The van der Waals surface area contributed by atoms with E-state index in [1.165, 1.54) is 0 Å². The minimum absolute atomic E-state index is 0.00259. The van der Waals surface area contributed by atoms with E-state index >= 15 is 0 Å². The molecule has 0 saturated carbocycles. The van der Waals surface area contributed by atoms with Crippen molar-refractivity contribution in [3.8, 4) is 0 Å². The number of carbonyl (C=O) groups is 1. The zero-order valence-corrected chi connectivity index (χ0v) is 12.5. The van der Waals surface area contributed by atoms with E-state index in [4.69, 9.17) is 10.8 Å². The van der Waals surface area contributed by atoms with Crippen molar-refractivity contribution in [2.75, 3.05) is 17.7 Å². The lowest BCUT2D eigenvalue weighted by molar-refractivity contribution is -0.113. The molecule has 0 saturated heterocycles.